The van der Waals surface area contributed by atoms with Crippen molar-refractivity contribution in [2.45, 2.75) is 12.3 Å². The third-order valence-corrected chi connectivity index (χ3v) is 3.54. The predicted molar refractivity (Wildman–Crippen MR) is 73.2 cm³/mol. The summed E-state index contributed by atoms with van der Waals surface area (Å²) < 4.78 is 0. The van der Waals surface area contributed by atoms with Gasteiger partial charge >= 0.3 is 0 Å². The van der Waals surface area contributed by atoms with E-state index in [0.717, 1.165) is 12.0 Å². The van der Waals surface area contributed by atoms with Gasteiger partial charge in [-0.15, -0.1) is 6.58 Å². The van der Waals surface area contributed by atoms with Crippen molar-refractivity contribution in [3.05, 3.63) is 71.8 Å². The number of allylic oxidation sites excluding steroid dienone is 1. The van der Waals surface area contributed by atoms with E-state index in [4.69, 9.17) is 0 Å². The van der Waals surface area contributed by atoms with Gasteiger partial charge in [0.15, 0.2) is 0 Å². The molecular formula is C17H13N. The number of nitriles is 1. The highest BCUT2D eigenvalue weighted by Gasteiger charge is 2.29. The van der Waals surface area contributed by atoms with E-state index in [2.05, 4.69) is 43.0 Å². The molecule has 0 saturated carbocycles. The molecule has 0 aromatic heterocycles. The molecule has 0 aliphatic heterocycles. The molecule has 86 valence electrons. The van der Waals surface area contributed by atoms with Crippen molar-refractivity contribution in [2.75, 3.05) is 0 Å². The van der Waals surface area contributed by atoms with Crippen molar-refractivity contribution < 1.29 is 0 Å². The Morgan fingerprint density at radius 2 is 1.89 bits per heavy atom. The Labute approximate surface area is 107 Å². The fraction of sp³-hybridized carbons (Fsp3) is 0.118. The third-order valence-electron chi connectivity index (χ3n) is 3.54. The molecule has 3 rings (SSSR count). The van der Waals surface area contributed by atoms with Gasteiger partial charge in [0.1, 0.15) is 0 Å². The van der Waals surface area contributed by atoms with Crippen LogP contribution < -0.4 is 0 Å². The van der Waals surface area contributed by atoms with Gasteiger partial charge in [0.2, 0.25) is 0 Å². The Morgan fingerprint density at radius 3 is 2.67 bits per heavy atom. The molecule has 1 aliphatic carbocycles. The van der Waals surface area contributed by atoms with Crippen LogP contribution in [0.1, 0.15) is 22.6 Å². The molecule has 0 bridgehead atoms. The summed E-state index contributed by atoms with van der Waals surface area (Å²) in [6, 6.07) is 16.9. The number of rotatable bonds is 2. The fourth-order valence-corrected chi connectivity index (χ4v) is 2.81. The van der Waals surface area contributed by atoms with E-state index in [1.807, 2.05) is 18.2 Å². The number of hydrogen-bond acceptors (Lipinski definition) is 1. The van der Waals surface area contributed by atoms with Gasteiger partial charge in [0, 0.05) is 0 Å². The maximum Gasteiger partial charge on any atom is 0.0977 e. The molecule has 2 aromatic carbocycles. The molecular weight excluding hydrogens is 218 g/mol. The summed E-state index contributed by atoms with van der Waals surface area (Å²) in [5.74, 6) is -0.132. The Hall–Kier alpha value is -2.33. The van der Waals surface area contributed by atoms with Crippen molar-refractivity contribution in [1.82, 2.24) is 0 Å². The monoisotopic (exact) mass is 231 g/mol. The van der Waals surface area contributed by atoms with Crippen molar-refractivity contribution in [1.29, 1.82) is 5.26 Å². The smallest absolute Gasteiger partial charge is 0.0977 e. The predicted octanol–water partition coefficient (Wildman–Crippen LogP) is 4.05. The van der Waals surface area contributed by atoms with Gasteiger partial charge in [0.05, 0.1) is 12.0 Å². The van der Waals surface area contributed by atoms with E-state index in [0.29, 0.717) is 0 Å². The molecule has 0 radical (unpaired) electrons. The van der Waals surface area contributed by atoms with Crippen LogP contribution in [-0.4, -0.2) is 0 Å². The van der Waals surface area contributed by atoms with E-state index in [-0.39, 0.29) is 5.92 Å². The number of benzene rings is 2. The first-order chi connectivity index (χ1) is 8.86. The van der Waals surface area contributed by atoms with Crippen LogP contribution in [0.3, 0.4) is 0 Å². The molecule has 0 amide bonds. The van der Waals surface area contributed by atoms with Crippen molar-refractivity contribution in [3.63, 3.8) is 0 Å². The first-order valence-corrected chi connectivity index (χ1v) is 6.08. The minimum absolute atomic E-state index is 0.132. The summed E-state index contributed by atoms with van der Waals surface area (Å²) in [7, 11) is 0. The Bertz CT molecular complexity index is 662. The maximum absolute atomic E-state index is 9.48. The van der Waals surface area contributed by atoms with Gasteiger partial charge in [-0.2, -0.15) is 5.26 Å². The zero-order valence-electron chi connectivity index (χ0n) is 10.1. The molecule has 0 saturated heterocycles. The van der Waals surface area contributed by atoms with Crippen LogP contribution in [0.5, 0.6) is 0 Å². The maximum atomic E-state index is 9.48. The van der Waals surface area contributed by atoms with Crippen LogP contribution in [0.2, 0.25) is 0 Å². The molecule has 0 N–H and O–H groups in total. The highest BCUT2D eigenvalue weighted by molar-refractivity contribution is 5.81. The van der Waals surface area contributed by atoms with E-state index in [1.165, 1.54) is 22.3 Å². The zero-order chi connectivity index (χ0) is 12.5. The quantitative estimate of drug-likeness (QED) is 0.715. The summed E-state index contributed by atoms with van der Waals surface area (Å²) in [5.41, 5.74) is 5.92. The Morgan fingerprint density at radius 1 is 1.11 bits per heavy atom. The zero-order valence-corrected chi connectivity index (χ0v) is 10.1. The van der Waals surface area contributed by atoms with Gasteiger partial charge < -0.3 is 0 Å². The van der Waals surface area contributed by atoms with Crippen LogP contribution in [0.15, 0.2) is 55.1 Å². The molecule has 1 atom stereocenters. The molecule has 1 unspecified atom stereocenters. The first-order valence-electron chi connectivity index (χ1n) is 6.08. The first kappa shape index (κ1) is 10.8. The largest absolute Gasteiger partial charge is 0.197 e. The van der Waals surface area contributed by atoms with E-state index in [1.54, 1.807) is 0 Å². The van der Waals surface area contributed by atoms with Crippen molar-refractivity contribution in [3.8, 4) is 17.2 Å². The highest BCUT2D eigenvalue weighted by Crippen LogP contribution is 2.45. The second kappa shape index (κ2) is 4.16. The van der Waals surface area contributed by atoms with Crippen LogP contribution in [-0.2, 0) is 6.42 Å². The SMILES string of the molecule is C=CCc1cccc2c1C(C#N)c1ccccc1-2. The van der Waals surface area contributed by atoms with Crippen LogP contribution in [0, 0.1) is 11.3 Å². The second-order valence-electron chi connectivity index (χ2n) is 4.52. The van der Waals surface area contributed by atoms with Gasteiger partial charge in [-0.1, -0.05) is 48.5 Å². The molecule has 0 fully saturated rings. The minimum Gasteiger partial charge on any atom is -0.197 e. The molecule has 18 heavy (non-hydrogen) atoms. The van der Waals surface area contributed by atoms with Gasteiger partial charge in [-0.05, 0) is 34.2 Å². The van der Waals surface area contributed by atoms with Crippen LogP contribution >= 0.6 is 0 Å². The lowest BCUT2D eigenvalue weighted by atomic mass is 9.93. The topological polar surface area (TPSA) is 23.8 Å². The van der Waals surface area contributed by atoms with E-state index >= 15 is 0 Å². The lowest BCUT2D eigenvalue weighted by molar-refractivity contribution is 1.04. The minimum atomic E-state index is -0.132. The second-order valence-corrected chi connectivity index (χ2v) is 4.52. The summed E-state index contributed by atoms with van der Waals surface area (Å²) in [5, 5.41) is 9.48. The molecule has 1 aliphatic rings. The fourth-order valence-electron chi connectivity index (χ4n) is 2.81. The number of fused-ring (bicyclic) bond motifs is 3. The summed E-state index contributed by atoms with van der Waals surface area (Å²) in [6.45, 7) is 3.80. The summed E-state index contributed by atoms with van der Waals surface area (Å²) in [6.07, 6.45) is 2.71. The van der Waals surface area contributed by atoms with Gasteiger partial charge in [0.25, 0.3) is 0 Å². The van der Waals surface area contributed by atoms with Gasteiger partial charge in [-0.3, -0.25) is 0 Å². The van der Waals surface area contributed by atoms with E-state index in [9.17, 15) is 5.26 Å². The number of nitrogens with zero attached hydrogens (tertiary/aromatic N) is 1. The molecule has 2 aromatic rings. The molecule has 1 nitrogen and oxygen atoms in total. The lowest BCUT2D eigenvalue weighted by Crippen LogP contribution is -1.97. The summed E-state index contributed by atoms with van der Waals surface area (Å²) >= 11 is 0. The third kappa shape index (κ3) is 1.39. The Kier molecular flexibility index (Phi) is 2.50. The van der Waals surface area contributed by atoms with Crippen molar-refractivity contribution >= 4 is 0 Å². The molecule has 0 heterocycles. The highest BCUT2D eigenvalue weighted by atomic mass is 14.4. The normalized spacial score (nSPS) is 15.6. The lowest BCUT2D eigenvalue weighted by Gasteiger charge is -2.09. The van der Waals surface area contributed by atoms with Crippen LogP contribution in [0.25, 0.3) is 11.1 Å². The Balaban J connectivity index is 2.30. The average Bonchev–Trinajstić information content (AvgIpc) is 2.74. The number of hydrogen-bond donors (Lipinski definition) is 0. The summed E-state index contributed by atoms with van der Waals surface area (Å²) in [4.78, 5) is 0. The average molecular weight is 231 g/mol. The molecule has 0 spiro atoms. The van der Waals surface area contributed by atoms with Crippen molar-refractivity contribution in [2.24, 2.45) is 0 Å². The molecule has 1 heteroatoms. The van der Waals surface area contributed by atoms with Crippen LogP contribution in [0.4, 0.5) is 0 Å². The standard InChI is InChI=1S/C17H13N/c1-2-6-12-7-5-10-15-13-8-3-4-9-14(13)16(11-18)17(12)15/h2-5,7-10,16H,1,6H2. The van der Waals surface area contributed by atoms with E-state index < -0.39 is 0 Å². The van der Waals surface area contributed by atoms with Gasteiger partial charge in [-0.25, -0.2) is 0 Å².